The quantitative estimate of drug-likeness (QED) is 0.862. The van der Waals surface area contributed by atoms with E-state index in [0.717, 1.165) is 23.1 Å². The number of hydrogen-bond acceptors (Lipinski definition) is 2. The monoisotopic (exact) mass is 271 g/mol. The topological polar surface area (TPSA) is 32.3 Å². The highest BCUT2D eigenvalue weighted by Gasteiger charge is 2.05. The lowest BCUT2D eigenvalue weighted by Gasteiger charge is -2.15. The highest BCUT2D eigenvalue weighted by Crippen LogP contribution is 2.20. The van der Waals surface area contributed by atoms with Crippen LogP contribution in [0.5, 0.6) is 0 Å². The fourth-order valence-corrected chi connectivity index (χ4v) is 1.89. The molecule has 0 amide bonds. The van der Waals surface area contributed by atoms with E-state index in [1.54, 1.807) is 0 Å². The first-order valence-electron chi connectivity index (χ1n) is 5.28. The minimum atomic E-state index is 0.249. The number of anilines is 1. The minimum absolute atomic E-state index is 0.249. The predicted octanol–water partition coefficient (Wildman–Crippen LogP) is 3.19. The zero-order chi connectivity index (χ0) is 11.3. The molecule has 0 aromatic heterocycles. The molecule has 15 heavy (non-hydrogen) atoms. The molecular formula is C12H18BrNO. The van der Waals surface area contributed by atoms with Crippen molar-refractivity contribution < 1.29 is 5.11 Å². The van der Waals surface area contributed by atoms with Crippen LogP contribution in [0.4, 0.5) is 5.69 Å². The van der Waals surface area contributed by atoms with Crippen molar-refractivity contribution in [2.24, 2.45) is 5.92 Å². The van der Waals surface area contributed by atoms with Gasteiger partial charge in [-0.05, 0) is 43.0 Å². The first kappa shape index (κ1) is 12.5. The van der Waals surface area contributed by atoms with E-state index in [1.165, 1.54) is 5.56 Å². The van der Waals surface area contributed by atoms with E-state index in [9.17, 15) is 0 Å². The molecule has 0 spiro atoms. The Morgan fingerprint density at radius 3 is 2.73 bits per heavy atom. The van der Waals surface area contributed by atoms with Gasteiger partial charge < -0.3 is 10.4 Å². The molecule has 0 aliphatic heterocycles. The summed E-state index contributed by atoms with van der Waals surface area (Å²) in [5.41, 5.74) is 2.36. The van der Waals surface area contributed by atoms with Crippen LogP contribution in [0, 0.1) is 12.8 Å². The van der Waals surface area contributed by atoms with Crippen LogP contribution in [-0.2, 0) is 0 Å². The molecule has 84 valence electrons. The molecule has 1 rings (SSSR count). The van der Waals surface area contributed by atoms with Crippen LogP contribution in [0.2, 0.25) is 0 Å². The highest BCUT2D eigenvalue weighted by atomic mass is 79.9. The smallest absolute Gasteiger partial charge is 0.0475 e. The lowest BCUT2D eigenvalue weighted by Crippen LogP contribution is -2.17. The molecule has 0 bridgehead atoms. The zero-order valence-corrected chi connectivity index (χ0v) is 10.8. The van der Waals surface area contributed by atoms with E-state index in [4.69, 9.17) is 5.11 Å². The summed E-state index contributed by atoms with van der Waals surface area (Å²) in [6, 6.07) is 6.17. The summed E-state index contributed by atoms with van der Waals surface area (Å²) in [6.45, 7) is 5.25. The summed E-state index contributed by atoms with van der Waals surface area (Å²) >= 11 is 3.44. The highest BCUT2D eigenvalue weighted by molar-refractivity contribution is 9.10. The molecule has 2 nitrogen and oxygen atoms in total. The van der Waals surface area contributed by atoms with Crippen LogP contribution in [0.3, 0.4) is 0 Å². The van der Waals surface area contributed by atoms with Gasteiger partial charge in [0.25, 0.3) is 0 Å². The lowest BCUT2D eigenvalue weighted by atomic mass is 10.1. The van der Waals surface area contributed by atoms with E-state index >= 15 is 0 Å². The van der Waals surface area contributed by atoms with Gasteiger partial charge in [-0.25, -0.2) is 0 Å². The molecule has 0 aliphatic rings. The summed E-state index contributed by atoms with van der Waals surface area (Å²) in [7, 11) is 0. The van der Waals surface area contributed by atoms with E-state index in [0.29, 0.717) is 5.92 Å². The molecule has 2 N–H and O–H groups in total. The first-order chi connectivity index (χ1) is 7.17. The molecule has 1 aromatic carbocycles. The SMILES string of the molecule is CCC(CO)CNc1ccc(Br)cc1C. The zero-order valence-electron chi connectivity index (χ0n) is 9.26. The van der Waals surface area contributed by atoms with E-state index in [-0.39, 0.29) is 6.61 Å². The maximum atomic E-state index is 9.07. The summed E-state index contributed by atoms with van der Waals surface area (Å²) in [6.07, 6.45) is 0.999. The van der Waals surface area contributed by atoms with Crippen molar-refractivity contribution in [3.8, 4) is 0 Å². The van der Waals surface area contributed by atoms with E-state index in [2.05, 4.69) is 47.2 Å². The van der Waals surface area contributed by atoms with Crippen molar-refractivity contribution in [3.63, 3.8) is 0 Å². The Kier molecular flexibility index (Phi) is 5.12. The van der Waals surface area contributed by atoms with Crippen LogP contribution >= 0.6 is 15.9 Å². The van der Waals surface area contributed by atoms with E-state index < -0.39 is 0 Å². The van der Waals surface area contributed by atoms with Crippen molar-refractivity contribution in [2.45, 2.75) is 20.3 Å². The Morgan fingerprint density at radius 2 is 2.20 bits per heavy atom. The second kappa shape index (κ2) is 6.13. The van der Waals surface area contributed by atoms with Gasteiger partial charge in [0.2, 0.25) is 0 Å². The molecule has 0 radical (unpaired) electrons. The third-order valence-electron chi connectivity index (χ3n) is 2.61. The molecule has 1 atom stereocenters. The van der Waals surface area contributed by atoms with Gasteiger partial charge in [0.05, 0.1) is 0 Å². The number of hydrogen-bond donors (Lipinski definition) is 2. The maximum absolute atomic E-state index is 9.07. The van der Waals surface area contributed by atoms with Crippen molar-refractivity contribution in [3.05, 3.63) is 28.2 Å². The van der Waals surface area contributed by atoms with Crippen LogP contribution < -0.4 is 5.32 Å². The molecular weight excluding hydrogens is 254 g/mol. The lowest BCUT2D eigenvalue weighted by molar-refractivity contribution is 0.230. The minimum Gasteiger partial charge on any atom is -0.396 e. The maximum Gasteiger partial charge on any atom is 0.0475 e. The summed E-state index contributed by atoms with van der Waals surface area (Å²) in [4.78, 5) is 0. The number of nitrogens with one attached hydrogen (secondary N) is 1. The fraction of sp³-hybridized carbons (Fsp3) is 0.500. The number of aryl methyl sites for hydroxylation is 1. The Bertz CT molecular complexity index is 310. The molecule has 3 heteroatoms. The fourth-order valence-electron chi connectivity index (χ4n) is 1.42. The second-order valence-corrected chi connectivity index (χ2v) is 4.71. The van der Waals surface area contributed by atoms with Gasteiger partial charge in [0.15, 0.2) is 0 Å². The molecule has 0 fully saturated rings. The number of rotatable bonds is 5. The third-order valence-corrected chi connectivity index (χ3v) is 3.10. The van der Waals surface area contributed by atoms with Gasteiger partial charge in [0, 0.05) is 23.3 Å². The third kappa shape index (κ3) is 3.84. The normalized spacial score (nSPS) is 12.5. The Hall–Kier alpha value is -0.540. The first-order valence-corrected chi connectivity index (χ1v) is 6.07. The van der Waals surface area contributed by atoms with Gasteiger partial charge in [-0.15, -0.1) is 0 Å². The van der Waals surface area contributed by atoms with Crippen LogP contribution in [0.1, 0.15) is 18.9 Å². The van der Waals surface area contributed by atoms with Crippen molar-refractivity contribution in [1.82, 2.24) is 0 Å². The Morgan fingerprint density at radius 1 is 1.47 bits per heavy atom. The summed E-state index contributed by atoms with van der Waals surface area (Å²) in [5, 5.41) is 12.4. The van der Waals surface area contributed by atoms with Crippen molar-refractivity contribution >= 4 is 21.6 Å². The van der Waals surface area contributed by atoms with E-state index in [1.807, 2.05) is 6.07 Å². The van der Waals surface area contributed by atoms with Gasteiger partial charge >= 0.3 is 0 Å². The van der Waals surface area contributed by atoms with Crippen molar-refractivity contribution in [1.29, 1.82) is 0 Å². The van der Waals surface area contributed by atoms with Gasteiger partial charge in [0.1, 0.15) is 0 Å². The van der Waals surface area contributed by atoms with Crippen LogP contribution in [0.15, 0.2) is 22.7 Å². The summed E-state index contributed by atoms with van der Waals surface area (Å²) in [5.74, 6) is 0.341. The number of aliphatic hydroxyl groups excluding tert-OH is 1. The largest absolute Gasteiger partial charge is 0.396 e. The van der Waals surface area contributed by atoms with Crippen LogP contribution in [0.25, 0.3) is 0 Å². The molecule has 1 aromatic rings. The number of aliphatic hydroxyl groups is 1. The standard InChI is InChI=1S/C12H18BrNO/c1-3-10(8-15)7-14-12-5-4-11(13)6-9(12)2/h4-6,10,14-15H,3,7-8H2,1-2H3. The molecule has 1 unspecified atom stereocenters. The predicted molar refractivity (Wildman–Crippen MR) is 68.2 cm³/mol. The molecule has 0 aliphatic carbocycles. The average molecular weight is 272 g/mol. The molecule has 0 saturated carbocycles. The van der Waals surface area contributed by atoms with Gasteiger partial charge in [-0.2, -0.15) is 0 Å². The van der Waals surface area contributed by atoms with Crippen LogP contribution in [-0.4, -0.2) is 18.3 Å². The molecule has 0 saturated heterocycles. The van der Waals surface area contributed by atoms with Crippen molar-refractivity contribution in [2.75, 3.05) is 18.5 Å². The number of benzene rings is 1. The average Bonchev–Trinajstić information content (AvgIpc) is 2.22. The van der Waals surface area contributed by atoms with Gasteiger partial charge in [-0.3, -0.25) is 0 Å². The van der Waals surface area contributed by atoms with Gasteiger partial charge in [-0.1, -0.05) is 22.9 Å². The second-order valence-electron chi connectivity index (χ2n) is 3.80. The Labute approximate surface area is 99.8 Å². The summed E-state index contributed by atoms with van der Waals surface area (Å²) < 4.78 is 1.10. The molecule has 0 heterocycles. The number of halogens is 1. The Balaban J connectivity index is 2.57.